The average molecular weight is 395 g/mol. The first kappa shape index (κ1) is 20.4. The minimum Gasteiger partial charge on any atom is -0.354 e. The first-order valence-corrected chi connectivity index (χ1v) is 10.5. The molecule has 0 bridgehead atoms. The normalized spacial score (nSPS) is 11.5. The minimum atomic E-state index is -3.37. The van der Waals surface area contributed by atoms with Crippen molar-refractivity contribution in [1.29, 1.82) is 0 Å². The standard InChI is InChI=1S/C19H23ClN2O3S/c1-15-3-5-17(6-4-15)14-22(26(2,24)25)12-11-21-19(23)13-16-7-9-18(20)10-8-16/h3-10H,11-14H2,1-2H3,(H,21,23). The first-order chi connectivity index (χ1) is 12.2. The maximum absolute atomic E-state index is 12.0. The molecule has 7 heteroatoms. The highest BCUT2D eigenvalue weighted by atomic mass is 35.5. The topological polar surface area (TPSA) is 66.5 Å². The summed E-state index contributed by atoms with van der Waals surface area (Å²) in [5.74, 6) is -0.156. The number of amides is 1. The first-order valence-electron chi connectivity index (χ1n) is 8.26. The van der Waals surface area contributed by atoms with Crippen LogP contribution in [0.2, 0.25) is 5.02 Å². The second kappa shape index (κ2) is 9.16. The molecule has 0 heterocycles. The molecule has 0 atom stereocenters. The van der Waals surface area contributed by atoms with Gasteiger partial charge in [-0.1, -0.05) is 53.6 Å². The molecule has 0 unspecified atom stereocenters. The van der Waals surface area contributed by atoms with Gasteiger partial charge in [-0.25, -0.2) is 8.42 Å². The van der Waals surface area contributed by atoms with Crippen LogP contribution in [0, 0.1) is 6.92 Å². The summed E-state index contributed by atoms with van der Waals surface area (Å²) in [6, 6.07) is 14.8. The minimum absolute atomic E-state index is 0.156. The lowest BCUT2D eigenvalue weighted by Gasteiger charge is -2.20. The number of halogens is 1. The highest BCUT2D eigenvalue weighted by Gasteiger charge is 2.17. The summed E-state index contributed by atoms with van der Waals surface area (Å²) in [7, 11) is -3.37. The van der Waals surface area contributed by atoms with Crippen molar-refractivity contribution in [1.82, 2.24) is 9.62 Å². The summed E-state index contributed by atoms with van der Waals surface area (Å²) in [5, 5.41) is 3.38. The Morgan fingerprint density at radius 2 is 1.62 bits per heavy atom. The molecule has 0 spiro atoms. The molecule has 2 rings (SSSR count). The Bertz CT molecular complexity index is 834. The molecule has 26 heavy (non-hydrogen) atoms. The van der Waals surface area contributed by atoms with Crippen LogP contribution in [0.25, 0.3) is 0 Å². The van der Waals surface area contributed by atoms with Gasteiger partial charge in [0.05, 0.1) is 12.7 Å². The number of aryl methyl sites for hydroxylation is 1. The van der Waals surface area contributed by atoms with E-state index in [1.807, 2.05) is 31.2 Å². The Hall–Kier alpha value is -1.89. The van der Waals surface area contributed by atoms with Crippen LogP contribution in [-0.4, -0.2) is 38.0 Å². The van der Waals surface area contributed by atoms with Crippen LogP contribution >= 0.6 is 11.6 Å². The van der Waals surface area contributed by atoms with Gasteiger partial charge in [0.1, 0.15) is 0 Å². The predicted octanol–water partition coefficient (Wildman–Crippen LogP) is 2.77. The van der Waals surface area contributed by atoms with Gasteiger partial charge in [-0.05, 0) is 30.2 Å². The summed E-state index contributed by atoms with van der Waals surface area (Å²) in [6.45, 7) is 2.74. The van der Waals surface area contributed by atoms with Crippen molar-refractivity contribution in [2.75, 3.05) is 19.3 Å². The largest absolute Gasteiger partial charge is 0.354 e. The molecule has 2 aromatic rings. The number of benzene rings is 2. The second-order valence-electron chi connectivity index (χ2n) is 6.24. The maximum atomic E-state index is 12.0. The van der Waals surface area contributed by atoms with Crippen molar-refractivity contribution < 1.29 is 13.2 Å². The van der Waals surface area contributed by atoms with E-state index in [0.717, 1.165) is 16.7 Å². The van der Waals surface area contributed by atoms with Crippen LogP contribution in [0.1, 0.15) is 16.7 Å². The number of nitrogens with one attached hydrogen (secondary N) is 1. The third-order valence-electron chi connectivity index (χ3n) is 3.91. The van der Waals surface area contributed by atoms with Crippen molar-refractivity contribution >= 4 is 27.5 Å². The van der Waals surface area contributed by atoms with Gasteiger partial charge in [-0.2, -0.15) is 4.31 Å². The molecule has 0 saturated carbocycles. The van der Waals surface area contributed by atoms with E-state index < -0.39 is 10.0 Å². The Balaban J connectivity index is 1.87. The van der Waals surface area contributed by atoms with E-state index in [9.17, 15) is 13.2 Å². The highest BCUT2D eigenvalue weighted by Crippen LogP contribution is 2.11. The number of carbonyl (C=O) groups is 1. The molecule has 1 amide bonds. The van der Waals surface area contributed by atoms with E-state index in [4.69, 9.17) is 11.6 Å². The maximum Gasteiger partial charge on any atom is 0.224 e. The lowest BCUT2D eigenvalue weighted by Crippen LogP contribution is -2.38. The van der Waals surface area contributed by atoms with Crippen molar-refractivity contribution in [3.05, 3.63) is 70.2 Å². The summed E-state index contributed by atoms with van der Waals surface area (Å²) in [6.07, 6.45) is 1.41. The number of sulfonamides is 1. The summed E-state index contributed by atoms with van der Waals surface area (Å²) in [4.78, 5) is 12.0. The van der Waals surface area contributed by atoms with Crippen molar-refractivity contribution in [3.8, 4) is 0 Å². The van der Waals surface area contributed by atoms with Crippen LogP contribution in [0.3, 0.4) is 0 Å². The molecule has 2 aromatic carbocycles. The Kier molecular flexibility index (Phi) is 7.20. The second-order valence-corrected chi connectivity index (χ2v) is 8.65. The van der Waals surface area contributed by atoms with Crippen molar-refractivity contribution in [2.45, 2.75) is 19.9 Å². The van der Waals surface area contributed by atoms with E-state index >= 15 is 0 Å². The van der Waals surface area contributed by atoms with E-state index in [1.165, 1.54) is 10.6 Å². The van der Waals surface area contributed by atoms with E-state index in [1.54, 1.807) is 24.3 Å². The van der Waals surface area contributed by atoms with E-state index in [0.29, 0.717) is 5.02 Å². The molecule has 0 radical (unpaired) electrons. The van der Waals surface area contributed by atoms with Gasteiger partial charge >= 0.3 is 0 Å². The zero-order valence-corrected chi connectivity index (χ0v) is 16.5. The van der Waals surface area contributed by atoms with Crippen LogP contribution in [0.5, 0.6) is 0 Å². The zero-order chi connectivity index (χ0) is 19.2. The SMILES string of the molecule is Cc1ccc(CN(CCNC(=O)Cc2ccc(Cl)cc2)S(C)(=O)=O)cc1. The number of hydrogen-bond donors (Lipinski definition) is 1. The number of nitrogens with zero attached hydrogens (tertiary/aromatic N) is 1. The van der Waals surface area contributed by atoms with Gasteiger partial charge in [-0.3, -0.25) is 4.79 Å². The zero-order valence-electron chi connectivity index (χ0n) is 14.9. The molecule has 0 aliphatic carbocycles. The van der Waals surface area contributed by atoms with Gasteiger partial charge in [-0.15, -0.1) is 0 Å². The molecular weight excluding hydrogens is 372 g/mol. The molecule has 0 aliphatic heterocycles. The Morgan fingerprint density at radius 3 is 2.19 bits per heavy atom. The number of rotatable bonds is 8. The molecule has 5 nitrogen and oxygen atoms in total. The Morgan fingerprint density at radius 1 is 1.04 bits per heavy atom. The summed E-state index contributed by atoms with van der Waals surface area (Å²) >= 11 is 5.82. The van der Waals surface area contributed by atoms with Gasteiger partial charge in [0.25, 0.3) is 0 Å². The quantitative estimate of drug-likeness (QED) is 0.748. The lowest BCUT2D eigenvalue weighted by molar-refractivity contribution is -0.120. The van der Waals surface area contributed by atoms with Gasteiger partial charge < -0.3 is 5.32 Å². The predicted molar refractivity (Wildman–Crippen MR) is 105 cm³/mol. The fraction of sp³-hybridized carbons (Fsp3) is 0.316. The number of carbonyl (C=O) groups excluding carboxylic acids is 1. The molecule has 0 saturated heterocycles. The highest BCUT2D eigenvalue weighted by molar-refractivity contribution is 7.88. The molecule has 1 N–H and O–H groups in total. The molecule has 0 aliphatic rings. The fourth-order valence-electron chi connectivity index (χ4n) is 2.43. The smallest absolute Gasteiger partial charge is 0.224 e. The monoisotopic (exact) mass is 394 g/mol. The van der Waals surface area contributed by atoms with Gasteiger partial charge in [0, 0.05) is 24.7 Å². The third-order valence-corrected chi connectivity index (χ3v) is 5.41. The Labute approximate surface area is 160 Å². The fourth-order valence-corrected chi connectivity index (χ4v) is 3.36. The number of hydrogen-bond acceptors (Lipinski definition) is 3. The lowest BCUT2D eigenvalue weighted by atomic mass is 10.1. The van der Waals surface area contributed by atoms with Crippen LogP contribution in [0.4, 0.5) is 0 Å². The van der Waals surface area contributed by atoms with Crippen LogP contribution < -0.4 is 5.32 Å². The average Bonchev–Trinajstić information content (AvgIpc) is 2.57. The van der Waals surface area contributed by atoms with E-state index in [-0.39, 0.29) is 32.0 Å². The van der Waals surface area contributed by atoms with Crippen molar-refractivity contribution in [2.24, 2.45) is 0 Å². The van der Waals surface area contributed by atoms with Crippen LogP contribution in [0.15, 0.2) is 48.5 Å². The van der Waals surface area contributed by atoms with Gasteiger partial charge in [0.15, 0.2) is 0 Å². The summed E-state index contributed by atoms with van der Waals surface area (Å²) < 4.78 is 25.4. The van der Waals surface area contributed by atoms with Crippen molar-refractivity contribution in [3.63, 3.8) is 0 Å². The van der Waals surface area contributed by atoms with Gasteiger partial charge in [0.2, 0.25) is 15.9 Å². The molecule has 140 valence electrons. The molecule has 0 fully saturated rings. The third kappa shape index (κ3) is 6.78. The van der Waals surface area contributed by atoms with E-state index in [2.05, 4.69) is 5.32 Å². The molecular formula is C19H23ClN2O3S. The summed E-state index contributed by atoms with van der Waals surface area (Å²) in [5.41, 5.74) is 2.88. The van der Waals surface area contributed by atoms with Crippen LogP contribution in [-0.2, 0) is 27.8 Å². The molecule has 0 aromatic heterocycles.